The third kappa shape index (κ3) is 1.79. The van der Waals surface area contributed by atoms with Crippen LogP contribution in [0.2, 0.25) is 0 Å². The van der Waals surface area contributed by atoms with Crippen molar-refractivity contribution in [2.24, 2.45) is 0 Å². The number of amides is 1. The van der Waals surface area contributed by atoms with Gasteiger partial charge in [0.1, 0.15) is 0 Å². The van der Waals surface area contributed by atoms with Gasteiger partial charge in [-0.1, -0.05) is 0 Å². The van der Waals surface area contributed by atoms with Gasteiger partial charge in [-0.15, -0.1) is 0 Å². The fourth-order valence-electron chi connectivity index (χ4n) is 0.794. The lowest BCUT2D eigenvalue weighted by Gasteiger charge is -2.12. The molecule has 0 radical (unpaired) electrons. The van der Waals surface area contributed by atoms with Gasteiger partial charge in [0.2, 0.25) is 0 Å². The first-order valence-electron chi connectivity index (χ1n) is 3.54. The Morgan fingerprint density at radius 1 is 1.50 bits per heavy atom. The molecule has 0 bridgehead atoms. The van der Waals surface area contributed by atoms with Crippen LogP contribution in [0.5, 0.6) is 0 Å². The van der Waals surface area contributed by atoms with Crippen molar-refractivity contribution in [3.8, 4) is 0 Å². The minimum absolute atomic E-state index is 0.161. The standard InChI is InChI=1S/C8H10N2O2/c1-10(12-2)8(11)7-3-5-9-6-4-7/h3-6H,1-2H3/p+1. The summed E-state index contributed by atoms with van der Waals surface area (Å²) < 4.78 is 0. The normalized spacial score (nSPS) is 9.50. The number of carbonyl (C=O) groups is 1. The molecule has 0 aromatic carbocycles. The van der Waals surface area contributed by atoms with E-state index < -0.39 is 0 Å². The number of rotatable bonds is 2. The number of aromatic amines is 1. The number of pyridine rings is 1. The van der Waals surface area contributed by atoms with Crippen molar-refractivity contribution in [2.45, 2.75) is 0 Å². The van der Waals surface area contributed by atoms with E-state index in [0.29, 0.717) is 5.56 Å². The fourth-order valence-corrected chi connectivity index (χ4v) is 0.794. The van der Waals surface area contributed by atoms with Gasteiger partial charge in [-0.2, -0.15) is 0 Å². The number of hydrogen-bond donors (Lipinski definition) is 0. The first-order valence-corrected chi connectivity index (χ1v) is 3.54. The van der Waals surface area contributed by atoms with Gasteiger partial charge in [0.25, 0.3) is 5.91 Å². The number of hydrogen-bond acceptors (Lipinski definition) is 2. The number of nitrogens with zero attached hydrogens (tertiary/aromatic N) is 1. The highest BCUT2D eigenvalue weighted by atomic mass is 16.7. The molecule has 0 saturated carbocycles. The zero-order chi connectivity index (χ0) is 8.97. The Hall–Kier alpha value is -1.42. The summed E-state index contributed by atoms with van der Waals surface area (Å²) in [5.74, 6) is -0.161. The lowest BCUT2D eigenvalue weighted by atomic mass is 10.2. The summed E-state index contributed by atoms with van der Waals surface area (Å²) in [7, 11) is 3.02. The molecule has 1 aromatic heterocycles. The van der Waals surface area contributed by atoms with Crippen LogP contribution in [0.4, 0.5) is 0 Å². The van der Waals surface area contributed by atoms with Crippen LogP contribution in [0.1, 0.15) is 10.4 Å². The van der Waals surface area contributed by atoms with Crippen molar-refractivity contribution in [3.63, 3.8) is 0 Å². The summed E-state index contributed by atoms with van der Waals surface area (Å²) in [6.07, 6.45) is 3.38. The second-order valence-electron chi connectivity index (χ2n) is 2.27. The highest BCUT2D eigenvalue weighted by Crippen LogP contribution is 1.99. The summed E-state index contributed by atoms with van der Waals surface area (Å²) in [4.78, 5) is 18.9. The van der Waals surface area contributed by atoms with E-state index in [1.165, 1.54) is 12.2 Å². The average molecular weight is 167 g/mol. The number of nitrogens with one attached hydrogen (secondary N) is 1. The minimum atomic E-state index is -0.161. The van der Waals surface area contributed by atoms with Crippen molar-refractivity contribution in [2.75, 3.05) is 14.2 Å². The van der Waals surface area contributed by atoms with Gasteiger partial charge in [-0.05, 0) is 0 Å². The molecule has 1 N–H and O–H groups in total. The minimum Gasteiger partial charge on any atom is -0.274 e. The Morgan fingerprint density at radius 3 is 2.58 bits per heavy atom. The number of H-pyrrole nitrogens is 1. The van der Waals surface area contributed by atoms with Gasteiger partial charge in [0, 0.05) is 19.2 Å². The van der Waals surface area contributed by atoms with Crippen molar-refractivity contribution in [3.05, 3.63) is 30.1 Å². The molecule has 0 aliphatic carbocycles. The third-order valence-corrected chi connectivity index (χ3v) is 1.53. The smallest absolute Gasteiger partial charge is 0.274 e. The van der Waals surface area contributed by atoms with Crippen molar-refractivity contribution >= 4 is 5.91 Å². The van der Waals surface area contributed by atoms with Crippen LogP contribution in [-0.4, -0.2) is 25.1 Å². The van der Waals surface area contributed by atoms with Gasteiger partial charge in [-0.3, -0.25) is 9.63 Å². The summed E-state index contributed by atoms with van der Waals surface area (Å²) in [5.41, 5.74) is 0.595. The molecule has 1 aromatic rings. The maximum atomic E-state index is 11.4. The molecule has 1 amide bonds. The van der Waals surface area contributed by atoms with E-state index in [1.54, 1.807) is 31.6 Å². The average Bonchev–Trinajstić information content (AvgIpc) is 2.17. The highest BCUT2D eigenvalue weighted by molar-refractivity contribution is 5.92. The topological polar surface area (TPSA) is 43.7 Å². The Balaban J connectivity index is 2.79. The molecule has 0 unspecified atom stereocenters. The summed E-state index contributed by atoms with van der Waals surface area (Å²) >= 11 is 0. The monoisotopic (exact) mass is 167 g/mol. The van der Waals surface area contributed by atoms with Crippen molar-refractivity contribution in [1.82, 2.24) is 5.06 Å². The number of carbonyl (C=O) groups excluding carboxylic acids is 1. The molecular weight excluding hydrogens is 156 g/mol. The Morgan fingerprint density at radius 2 is 2.08 bits per heavy atom. The lowest BCUT2D eigenvalue weighted by molar-refractivity contribution is -0.378. The van der Waals surface area contributed by atoms with Crippen LogP contribution in [0.25, 0.3) is 0 Å². The fraction of sp³-hybridized carbons (Fsp3) is 0.250. The summed E-state index contributed by atoms with van der Waals surface area (Å²) in [6, 6.07) is 3.38. The molecule has 12 heavy (non-hydrogen) atoms. The van der Waals surface area contributed by atoms with Gasteiger partial charge in [-0.25, -0.2) is 10.0 Å². The molecule has 0 saturated heterocycles. The Kier molecular flexibility index (Phi) is 2.76. The summed E-state index contributed by atoms with van der Waals surface area (Å²) in [5, 5.41) is 1.18. The van der Waals surface area contributed by atoms with E-state index in [1.807, 2.05) is 0 Å². The van der Waals surface area contributed by atoms with Crippen LogP contribution >= 0.6 is 0 Å². The van der Waals surface area contributed by atoms with E-state index in [2.05, 4.69) is 4.98 Å². The van der Waals surface area contributed by atoms with Crippen LogP contribution in [0.15, 0.2) is 24.5 Å². The first kappa shape index (κ1) is 8.67. The van der Waals surface area contributed by atoms with E-state index in [4.69, 9.17) is 4.84 Å². The molecule has 0 fully saturated rings. The predicted molar refractivity (Wildman–Crippen MR) is 42.1 cm³/mol. The van der Waals surface area contributed by atoms with Crippen molar-refractivity contribution in [1.29, 1.82) is 0 Å². The lowest BCUT2D eigenvalue weighted by Crippen LogP contribution is -2.25. The molecule has 0 aliphatic heterocycles. The van der Waals surface area contributed by atoms with Gasteiger partial charge in [0.15, 0.2) is 12.4 Å². The summed E-state index contributed by atoms with van der Waals surface area (Å²) in [6.45, 7) is 0. The van der Waals surface area contributed by atoms with E-state index in [-0.39, 0.29) is 5.91 Å². The first-order chi connectivity index (χ1) is 5.75. The number of hydroxylamine groups is 2. The van der Waals surface area contributed by atoms with Gasteiger partial charge in [0.05, 0.1) is 12.7 Å². The Labute approximate surface area is 70.7 Å². The third-order valence-electron chi connectivity index (χ3n) is 1.53. The second kappa shape index (κ2) is 3.82. The molecule has 1 rings (SSSR count). The second-order valence-corrected chi connectivity index (χ2v) is 2.27. The predicted octanol–water partition coefficient (Wildman–Crippen LogP) is 0.134. The van der Waals surface area contributed by atoms with Crippen LogP contribution < -0.4 is 4.98 Å². The SMILES string of the molecule is CON(C)C(=O)c1cc[nH+]cc1. The zero-order valence-electron chi connectivity index (χ0n) is 7.07. The van der Waals surface area contributed by atoms with E-state index in [0.717, 1.165) is 0 Å². The van der Waals surface area contributed by atoms with Gasteiger partial charge < -0.3 is 0 Å². The van der Waals surface area contributed by atoms with Crippen molar-refractivity contribution < 1.29 is 14.6 Å². The molecule has 0 atom stereocenters. The van der Waals surface area contributed by atoms with Crippen LogP contribution in [-0.2, 0) is 4.84 Å². The van der Waals surface area contributed by atoms with E-state index in [9.17, 15) is 4.79 Å². The quantitative estimate of drug-likeness (QED) is 0.588. The largest absolute Gasteiger partial charge is 0.277 e. The molecule has 64 valence electrons. The molecule has 4 nitrogen and oxygen atoms in total. The van der Waals surface area contributed by atoms with Crippen LogP contribution in [0, 0.1) is 0 Å². The molecule has 1 heterocycles. The van der Waals surface area contributed by atoms with Crippen LogP contribution in [0.3, 0.4) is 0 Å². The maximum absolute atomic E-state index is 11.4. The highest BCUT2D eigenvalue weighted by Gasteiger charge is 2.10. The molecule has 0 aliphatic rings. The molecule has 4 heteroatoms. The molecule has 0 spiro atoms. The zero-order valence-corrected chi connectivity index (χ0v) is 7.07. The van der Waals surface area contributed by atoms with E-state index >= 15 is 0 Å². The maximum Gasteiger partial charge on any atom is 0.277 e. The van der Waals surface area contributed by atoms with Gasteiger partial charge >= 0.3 is 0 Å². The molecular formula is C8H11N2O2+. The Bertz CT molecular complexity index is 261. The number of aromatic nitrogens is 1.